The molecule has 2 nitrogen and oxygen atoms in total. The van der Waals surface area contributed by atoms with Gasteiger partial charge in [-0.15, -0.1) is 0 Å². The molecule has 0 saturated carbocycles. The highest BCUT2D eigenvalue weighted by Crippen LogP contribution is 2.13. The van der Waals surface area contributed by atoms with Crippen LogP contribution in [0, 0.1) is 6.92 Å². The molecule has 0 radical (unpaired) electrons. The van der Waals surface area contributed by atoms with Gasteiger partial charge in [-0.3, -0.25) is 0 Å². The van der Waals surface area contributed by atoms with Crippen LogP contribution in [-0.4, -0.2) is 17.8 Å². The van der Waals surface area contributed by atoms with Crippen molar-refractivity contribution in [3.63, 3.8) is 0 Å². The van der Waals surface area contributed by atoms with E-state index in [-0.39, 0.29) is 18.7 Å². The van der Waals surface area contributed by atoms with Gasteiger partial charge in [-0.1, -0.05) is 29.8 Å². The lowest BCUT2D eigenvalue weighted by Gasteiger charge is -2.18. The topological polar surface area (TPSA) is 32.3 Å². The van der Waals surface area contributed by atoms with Crippen LogP contribution < -0.4 is 5.32 Å². The zero-order valence-corrected chi connectivity index (χ0v) is 9.12. The maximum absolute atomic E-state index is 8.91. The predicted octanol–water partition coefficient (Wildman–Crippen LogP) is 2.03. The molecule has 0 heterocycles. The van der Waals surface area contributed by atoms with Crippen LogP contribution in [-0.2, 0) is 0 Å². The fraction of sp³-hybridized carbons (Fsp3) is 0.500. The number of aliphatic hydroxyl groups is 1. The van der Waals surface area contributed by atoms with Crippen molar-refractivity contribution in [3.05, 3.63) is 35.4 Å². The smallest absolute Gasteiger partial charge is 0.0582 e. The van der Waals surface area contributed by atoms with Gasteiger partial charge in [0.05, 0.1) is 6.61 Å². The van der Waals surface area contributed by atoms with E-state index in [0.717, 1.165) is 0 Å². The number of benzene rings is 1. The Hall–Kier alpha value is -0.860. The Morgan fingerprint density at radius 2 is 1.79 bits per heavy atom. The second-order valence-corrected chi connectivity index (χ2v) is 3.88. The second-order valence-electron chi connectivity index (χ2n) is 3.88. The second kappa shape index (κ2) is 5.13. The molecule has 1 aromatic rings. The summed E-state index contributed by atoms with van der Waals surface area (Å²) in [5.74, 6) is 0. The number of aliphatic hydroxyl groups excluding tert-OH is 1. The molecule has 2 N–H and O–H groups in total. The molecule has 0 unspecified atom stereocenters. The first-order chi connectivity index (χ1) is 6.63. The SMILES string of the molecule is Cc1ccc([C@@H](C)N[C@H](C)CO)cc1. The third kappa shape index (κ3) is 3.13. The minimum atomic E-state index is 0.145. The molecule has 0 aromatic heterocycles. The van der Waals surface area contributed by atoms with Gasteiger partial charge in [-0.2, -0.15) is 0 Å². The van der Waals surface area contributed by atoms with E-state index in [2.05, 4.69) is 43.4 Å². The summed E-state index contributed by atoms with van der Waals surface area (Å²) in [6.45, 7) is 6.34. The molecule has 0 bridgehead atoms. The van der Waals surface area contributed by atoms with Crippen LogP contribution in [0.3, 0.4) is 0 Å². The maximum Gasteiger partial charge on any atom is 0.0582 e. The molecule has 14 heavy (non-hydrogen) atoms. The average Bonchev–Trinajstić information content (AvgIpc) is 2.18. The summed E-state index contributed by atoms with van der Waals surface area (Å²) in [5, 5.41) is 12.2. The first-order valence-corrected chi connectivity index (χ1v) is 5.07. The zero-order chi connectivity index (χ0) is 10.6. The fourth-order valence-electron chi connectivity index (χ4n) is 1.43. The number of aryl methyl sites for hydroxylation is 1. The Balaban J connectivity index is 2.60. The molecule has 1 rings (SSSR count). The van der Waals surface area contributed by atoms with Gasteiger partial charge in [0.1, 0.15) is 0 Å². The van der Waals surface area contributed by atoms with E-state index in [9.17, 15) is 0 Å². The van der Waals surface area contributed by atoms with Gasteiger partial charge in [-0.25, -0.2) is 0 Å². The highest BCUT2D eigenvalue weighted by molar-refractivity contribution is 5.23. The average molecular weight is 193 g/mol. The molecule has 0 spiro atoms. The van der Waals surface area contributed by atoms with Crippen molar-refractivity contribution < 1.29 is 5.11 Å². The van der Waals surface area contributed by atoms with E-state index < -0.39 is 0 Å². The number of hydrogen-bond donors (Lipinski definition) is 2. The summed E-state index contributed by atoms with van der Waals surface area (Å²) in [6.07, 6.45) is 0. The van der Waals surface area contributed by atoms with Crippen LogP contribution in [0.1, 0.15) is 31.0 Å². The molecule has 0 aliphatic heterocycles. The molecule has 1 aromatic carbocycles. The largest absolute Gasteiger partial charge is 0.395 e. The zero-order valence-electron chi connectivity index (χ0n) is 9.12. The van der Waals surface area contributed by atoms with Gasteiger partial charge in [-0.05, 0) is 26.3 Å². The molecule has 0 fully saturated rings. The monoisotopic (exact) mass is 193 g/mol. The molecular formula is C12H19NO. The van der Waals surface area contributed by atoms with E-state index in [4.69, 9.17) is 5.11 Å². The number of rotatable bonds is 4. The van der Waals surface area contributed by atoms with Crippen LogP contribution >= 0.6 is 0 Å². The lowest BCUT2D eigenvalue weighted by molar-refractivity contribution is 0.243. The molecule has 0 aliphatic carbocycles. The third-order valence-electron chi connectivity index (χ3n) is 2.39. The van der Waals surface area contributed by atoms with Gasteiger partial charge in [0.25, 0.3) is 0 Å². The molecule has 0 saturated heterocycles. The summed E-state index contributed by atoms with van der Waals surface area (Å²) in [4.78, 5) is 0. The van der Waals surface area contributed by atoms with Crippen molar-refractivity contribution >= 4 is 0 Å². The van der Waals surface area contributed by atoms with Gasteiger partial charge in [0.2, 0.25) is 0 Å². The highest BCUT2D eigenvalue weighted by Gasteiger charge is 2.07. The van der Waals surface area contributed by atoms with E-state index in [1.165, 1.54) is 11.1 Å². The van der Waals surface area contributed by atoms with Gasteiger partial charge in [0, 0.05) is 12.1 Å². The Morgan fingerprint density at radius 1 is 1.21 bits per heavy atom. The standard InChI is InChI=1S/C12H19NO/c1-9-4-6-12(7-5-9)11(3)13-10(2)8-14/h4-7,10-11,13-14H,8H2,1-3H3/t10-,11-/m1/s1. The molecular weight excluding hydrogens is 174 g/mol. The van der Waals surface area contributed by atoms with E-state index in [0.29, 0.717) is 0 Å². The van der Waals surface area contributed by atoms with Crippen LogP contribution in [0.2, 0.25) is 0 Å². The van der Waals surface area contributed by atoms with Crippen LogP contribution in [0.4, 0.5) is 0 Å². The first-order valence-electron chi connectivity index (χ1n) is 5.07. The van der Waals surface area contributed by atoms with Crippen LogP contribution in [0.25, 0.3) is 0 Å². The number of nitrogens with one attached hydrogen (secondary N) is 1. The van der Waals surface area contributed by atoms with Crippen molar-refractivity contribution in [2.24, 2.45) is 0 Å². The molecule has 2 heteroatoms. The minimum absolute atomic E-state index is 0.145. The van der Waals surface area contributed by atoms with Gasteiger partial charge >= 0.3 is 0 Å². The lowest BCUT2D eigenvalue weighted by Crippen LogP contribution is -2.31. The Morgan fingerprint density at radius 3 is 2.29 bits per heavy atom. The first kappa shape index (κ1) is 11.2. The quantitative estimate of drug-likeness (QED) is 0.767. The van der Waals surface area contributed by atoms with E-state index in [1.54, 1.807) is 0 Å². The van der Waals surface area contributed by atoms with Crippen molar-refractivity contribution in [2.45, 2.75) is 32.9 Å². The summed E-state index contributed by atoms with van der Waals surface area (Å²) >= 11 is 0. The van der Waals surface area contributed by atoms with Gasteiger partial charge < -0.3 is 10.4 Å². The van der Waals surface area contributed by atoms with Crippen molar-refractivity contribution in [1.29, 1.82) is 0 Å². The summed E-state index contributed by atoms with van der Waals surface area (Å²) in [6, 6.07) is 8.90. The van der Waals surface area contributed by atoms with Crippen molar-refractivity contribution in [1.82, 2.24) is 5.32 Å². The fourth-order valence-corrected chi connectivity index (χ4v) is 1.43. The van der Waals surface area contributed by atoms with Crippen LogP contribution in [0.5, 0.6) is 0 Å². The number of hydrogen-bond acceptors (Lipinski definition) is 2. The molecule has 0 aliphatic rings. The van der Waals surface area contributed by atoms with Crippen LogP contribution in [0.15, 0.2) is 24.3 Å². The summed E-state index contributed by atoms with van der Waals surface area (Å²) in [7, 11) is 0. The lowest BCUT2D eigenvalue weighted by atomic mass is 10.1. The highest BCUT2D eigenvalue weighted by atomic mass is 16.3. The Bertz CT molecular complexity index is 268. The minimum Gasteiger partial charge on any atom is -0.395 e. The van der Waals surface area contributed by atoms with E-state index >= 15 is 0 Å². The maximum atomic E-state index is 8.91. The Labute approximate surface area is 86.0 Å². The molecule has 2 atom stereocenters. The Kier molecular flexibility index (Phi) is 4.11. The van der Waals surface area contributed by atoms with E-state index in [1.807, 2.05) is 6.92 Å². The van der Waals surface area contributed by atoms with Gasteiger partial charge in [0.15, 0.2) is 0 Å². The predicted molar refractivity (Wildman–Crippen MR) is 59.3 cm³/mol. The third-order valence-corrected chi connectivity index (χ3v) is 2.39. The summed E-state index contributed by atoms with van der Waals surface area (Å²) in [5.41, 5.74) is 2.53. The molecule has 0 amide bonds. The van der Waals surface area contributed by atoms with Crippen molar-refractivity contribution in [2.75, 3.05) is 6.61 Å². The molecule has 78 valence electrons. The normalized spacial score (nSPS) is 15.1. The summed E-state index contributed by atoms with van der Waals surface area (Å²) < 4.78 is 0. The van der Waals surface area contributed by atoms with Crippen molar-refractivity contribution in [3.8, 4) is 0 Å².